The largest absolute Gasteiger partial charge is 0.341 e. The molecule has 2 heterocycles. The molecule has 0 bridgehead atoms. The molecule has 2 aromatic rings. The number of anilines is 1. The van der Waals surface area contributed by atoms with Gasteiger partial charge in [0.05, 0.1) is 23.0 Å². The van der Waals surface area contributed by atoms with Crippen LogP contribution >= 0.6 is 0 Å². The van der Waals surface area contributed by atoms with Crippen molar-refractivity contribution in [2.75, 3.05) is 18.4 Å². The molecule has 6 heteroatoms. The minimum atomic E-state index is -0.350. The molecule has 0 spiro atoms. The Balaban J connectivity index is 1.54. The van der Waals surface area contributed by atoms with Crippen molar-refractivity contribution in [3.05, 3.63) is 47.8 Å². The third-order valence-corrected chi connectivity index (χ3v) is 6.04. The summed E-state index contributed by atoms with van der Waals surface area (Å²) in [7, 11) is 0. The van der Waals surface area contributed by atoms with E-state index in [1.54, 1.807) is 6.20 Å². The van der Waals surface area contributed by atoms with Gasteiger partial charge in [0.15, 0.2) is 0 Å². The van der Waals surface area contributed by atoms with Crippen molar-refractivity contribution in [2.45, 2.75) is 50.4 Å². The molecule has 1 saturated carbocycles. The summed E-state index contributed by atoms with van der Waals surface area (Å²) in [4.78, 5) is 27.0. The first-order valence-corrected chi connectivity index (χ1v) is 9.76. The molecular weight excluding hydrogens is 340 g/mol. The lowest BCUT2D eigenvalue weighted by molar-refractivity contribution is -0.142. The monoisotopic (exact) mass is 366 g/mol. The number of likely N-dealkylation sites (tertiary alicyclic amines) is 1. The first kappa shape index (κ1) is 17.8. The van der Waals surface area contributed by atoms with Crippen LogP contribution in [0.4, 0.5) is 5.69 Å². The maximum atomic E-state index is 13.5. The predicted octanol–water partition coefficient (Wildman–Crippen LogP) is 3.20. The number of aromatic amines is 1. The third-order valence-electron chi connectivity index (χ3n) is 6.04. The number of piperidine rings is 1. The number of benzene rings is 1. The molecule has 2 fully saturated rings. The zero-order valence-corrected chi connectivity index (χ0v) is 15.7. The van der Waals surface area contributed by atoms with Crippen molar-refractivity contribution in [2.24, 2.45) is 0 Å². The second kappa shape index (κ2) is 7.18. The summed E-state index contributed by atoms with van der Waals surface area (Å²) < 4.78 is 0. The lowest BCUT2D eigenvalue weighted by Crippen LogP contribution is -2.53. The summed E-state index contributed by atoms with van der Waals surface area (Å²) in [5.41, 5.74) is 2.44. The molecule has 1 aromatic heterocycles. The van der Waals surface area contributed by atoms with Gasteiger partial charge < -0.3 is 10.2 Å². The molecule has 1 aliphatic carbocycles. The SMILES string of the molecule is CC(=O)Nc1cn[nH]c1C1CCCN(C(=O)C2(c3ccccc3)CCC2)C1. The minimum Gasteiger partial charge on any atom is -0.341 e. The van der Waals surface area contributed by atoms with E-state index in [2.05, 4.69) is 27.6 Å². The molecule has 2 N–H and O–H groups in total. The van der Waals surface area contributed by atoms with Gasteiger partial charge in [-0.2, -0.15) is 5.10 Å². The molecule has 0 radical (unpaired) electrons. The number of carbonyl (C=O) groups is 2. The second-order valence-corrected chi connectivity index (χ2v) is 7.77. The molecule has 6 nitrogen and oxygen atoms in total. The number of amides is 2. The highest BCUT2D eigenvalue weighted by molar-refractivity contribution is 5.90. The van der Waals surface area contributed by atoms with Gasteiger partial charge in [0.1, 0.15) is 0 Å². The van der Waals surface area contributed by atoms with Crippen molar-refractivity contribution in [3.8, 4) is 0 Å². The Morgan fingerprint density at radius 2 is 2.00 bits per heavy atom. The molecule has 142 valence electrons. The number of H-pyrrole nitrogens is 1. The van der Waals surface area contributed by atoms with Gasteiger partial charge in [-0.3, -0.25) is 14.7 Å². The number of nitrogens with zero attached hydrogens (tertiary/aromatic N) is 2. The standard InChI is InChI=1S/C21H26N4O2/c1-15(26)23-18-13-22-24-19(18)16-7-5-12-25(14-16)20(27)21(10-6-11-21)17-8-3-2-4-9-17/h2-4,8-9,13,16H,5-7,10-12,14H2,1H3,(H,22,24)(H,23,26). The van der Waals surface area contributed by atoms with Gasteiger partial charge in [0.25, 0.3) is 0 Å². The van der Waals surface area contributed by atoms with Crippen LogP contribution in [0.1, 0.15) is 56.2 Å². The third kappa shape index (κ3) is 3.24. The van der Waals surface area contributed by atoms with Crippen molar-refractivity contribution in [1.29, 1.82) is 0 Å². The fourth-order valence-corrected chi connectivity index (χ4v) is 4.51. The van der Waals surface area contributed by atoms with Crippen LogP contribution in [0.25, 0.3) is 0 Å². The van der Waals surface area contributed by atoms with Gasteiger partial charge in [0, 0.05) is 25.9 Å². The van der Waals surface area contributed by atoms with Crippen LogP contribution in [0, 0.1) is 0 Å². The zero-order chi connectivity index (χ0) is 18.9. The summed E-state index contributed by atoms with van der Waals surface area (Å²) in [6, 6.07) is 10.2. The number of hydrogen-bond donors (Lipinski definition) is 2. The van der Waals surface area contributed by atoms with Crippen LogP contribution in [0.5, 0.6) is 0 Å². The second-order valence-electron chi connectivity index (χ2n) is 7.77. The smallest absolute Gasteiger partial charge is 0.233 e. The number of carbonyl (C=O) groups excluding carboxylic acids is 2. The molecule has 1 aliphatic heterocycles. The molecule has 1 atom stereocenters. The Bertz CT molecular complexity index is 826. The lowest BCUT2D eigenvalue weighted by Gasteiger charge is -2.46. The highest BCUT2D eigenvalue weighted by atomic mass is 16.2. The van der Waals surface area contributed by atoms with E-state index in [1.807, 2.05) is 23.1 Å². The Morgan fingerprint density at radius 3 is 2.67 bits per heavy atom. The first-order chi connectivity index (χ1) is 13.1. The maximum Gasteiger partial charge on any atom is 0.233 e. The number of aromatic nitrogens is 2. The Morgan fingerprint density at radius 1 is 1.22 bits per heavy atom. The van der Waals surface area contributed by atoms with Gasteiger partial charge >= 0.3 is 0 Å². The lowest BCUT2D eigenvalue weighted by atomic mass is 9.63. The number of rotatable bonds is 4. The molecule has 1 unspecified atom stereocenters. The van der Waals surface area contributed by atoms with Gasteiger partial charge in [-0.05, 0) is 31.2 Å². The van der Waals surface area contributed by atoms with Gasteiger partial charge in [-0.15, -0.1) is 0 Å². The predicted molar refractivity (Wildman–Crippen MR) is 103 cm³/mol. The van der Waals surface area contributed by atoms with Crippen LogP contribution in [0.2, 0.25) is 0 Å². The summed E-state index contributed by atoms with van der Waals surface area (Å²) in [6.07, 6.45) is 6.55. The number of nitrogens with one attached hydrogen (secondary N) is 2. The van der Waals surface area contributed by atoms with E-state index >= 15 is 0 Å². The van der Waals surface area contributed by atoms with E-state index in [4.69, 9.17) is 0 Å². The van der Waals surface area contributed by atoms with E-state index in [-0.39, 0.29) is 23.1 Å². The Labute approximate surface area is 159 Å². The fraction of sp³-hybridized carbons (Fsp3) is 0.476. The van der Waals surface area contributed by atoms with Crippen LogP contribution in [0.3, 0.4) is 0 Å². The average Bonchev–Trinajstić information content (AvgIpc) is 3.09. The zero-order valence-electron chi connectivity index (χ0n) is 15.7. The molecule has 1 saturated heterocycles. The first-order valence-electron chi connectivity index (χ1n) is 9.76. The molecule has 2 aliphatic rings. The molecule has 2 amide bonds. The quantitative estimate of drug-likeness (QED) is 0.872. The van der Waals surface area contributed by atoms with Gasteiger partial charge in [0.2, 0.25) is 11.8 Å². The molecule has 4 rings (SSSR count). The van der Waals surface area contributed by atoms with Crippen molar-refractivity contribution in [3.63, 3.8) is 0 Å². The van der Waals surface area contributed by atoms with E-state index in [0.29, 0.717) is 6.54 Å². The molecule has 27 heavy (non-hydrogen) atoms. The summed E-state index contributed by atoms with van der Waals surface area (Å²) in [5, 5.41) is 9.97. The topological polar surface area (TPSA) is 78.1 Å². The normalized spacial score (nSPS) is 21.4. The summed E-state index contributed by atoms with van der Waals surface area (Å²) in [6.45, 7) is 2.96. The highest BCUT2D eigenvalue weighted by Gasteiger charge is 2.48. The van der Waals surface area contributed by atoms with Crippen LogP contribution in [0.15, 0.2) is 36.5 Å². The van der Waals surface area contributed by atoms with Gasteiger partial charge in [-0.1, -0.05) is 36.8 Å². The Kier molecular flexibility index (Phi) is 4.72. The maximum absolute atomic E-state index is 13.5. The summed E-state index contributed by atoms with van der Waals surface area (Å²) in [5.74, 6) is 0.309. The van der Waals surface area contributed by atoms with Crippen molar-refractivity contribution >= 4 is 17.5 Å². The van der Waals surface area contributed by atoms with Crippen molar-refractivity contribution < 1.29 is 9.59 Å². The van der Waals surface area contributed by atoms with E-state index < -0.39 is 0 Å². The number of hydrogen-bond acceptors (Lipinski definition) is 3. The highest BCUT2D eigenvalue weighted by Crippen LogP contribution is 2.46. The minimum absolute atomic E-state index is 0.112. The average molecular weight is 366 g/mol. The molecule has 1 aromatic carbocycles. The van der Waals surface area contributed by atoms with Crippen LogP contribution in [-0.2, 0) is 15.0 Å². The molecular formula is C21H26N4O2. The Hall–Kier alpha value is -2.63. The fourth-order valence-electron chi connectivity index (χ4n) is 4.51. The van der Waals surface area contributed by atoms with E-state index in [0.717, 1.165) is 55.6 Å². The van der Waals surface area contributed by atoms with E-state index in [9.17, 15) is 9.59 Å². The van der Waals surface area contributed by atoms with Crippen molar-refractivity contribution in [1.82, 2.24) is 15.1 Å². The van der Waals surface area contributed by atoms with Crippen LogP contribution in [-0.4, -0.2) is 40.0 Å². The van der Waals surface area contributed by atoms with Crippen LogP contribution < -0.4 is 5.32 Å². The summed E-state index contributed by atoms with van der Waals surface area (Å²) >= 11 is 0. The van der Waals surface area contributed by atoms with Gasteiger partial charge in [-0.25, -0.2) is 0 Å². The van der Waals surface area contributed by atoms with E-state index in [1.165, 1.54) is 6.92 Å².